The summed E-state index contributed by atoms with van der Waals surface area (Å²) in [6.45, 7) is 3.51. The number of thiazole rings is 1. The number of benzene rings is 2. The van der Waals surface area contributed by atoms with E-state index in [0.717, 1.165) is 11.3 Å². The summed E-state index contributed by atoms with van der Waals surface area (Å²) < 4.78 is 26.6. The van der Waals surface area contributed by atoms with Crippen LogP contribution in [-0.4, -0.2) is 28.2 Å². The minimum Gasteiger partial charge on any atom is -0.478 e. The summed E-state index contributed by atoms with van der Waals surface area (Å²) in [5.74, 6) is -1.14. The van der Waals surface area contributed by atoms with E-state index in [1.54, 1.807) is 44.2 Å². The summed E-state index contributed by atoms with van der Waals surface area (Å²) in [6, 6.07) is 14.4. The van der Waals surface area contributed by atoms with E-state index in [9.17, 15) is 18.8 Å². The standard InChI is InChI=1S/C28H21FN2O6S/c1-3-36-27(35)23-15(2)30-28-31(24(23)17-8-10-19(29)11-9-17)25(32)22(38-28)14-20-12-13-21(37-20)16-4-6-18(7-5-16)26(33)34/h4-14,24H,3H2,1-2H3,(H,33,34)/b22-14-/t24-/m1/s1. The molecule has 0 bridgehead atoms. The SMILES string of the molecule is CCOC(=O)C1=C(C)N=c2s/c(=C\c3ccc(-c4ccc(C(=O)O)cc4)o3)c(=O)n2[C@@H]1c1ccc(F)cc1. The van der Waals surface area contributed by atoms with Crippen molar-refractivity contribution in [2.75, 3.05) is 6.61 Å². The van der Waals surface area contributed by atoms with Crippen molar-refractivity contribution >= 4 is 29.4 Å². The fourth-order valence-electron chi connectivity index (χ4n) is 4.24. The molecule has 4 aromatic rings. The van der Waals surface area contributed by atoms with E-state index in [1.165, 1.54) is 41.0 Å². The lowest BCUT2D eigenvalue weighted by molar-refractivity contribution is -0.139. The Kier molecular flexibility index (Phi) is 6.64. The number of carboxylic acids is 1. The van der Waals surface area contributed by atoms with Gasteiger partial charge in [0.1, 0.15) is 17.3 Å². The molecule has 1 aliphatic heterocycles. The van der Waals surface area contributed by atoms with Crippen LogP contribution in [0.25, 0.3) is 17.4 Å². The zero-order valence-corrected chi connectivity index (χ0v) is 21.1. The molecule has 2 aromatic heterocycles. The highest BCUT2D eigenvalue weighted by Crippen LogP contribution is 2.31. The molecule has 8 nitrogen and oxygen atoms in total. The van der Waals surface area contributed by atoms with Crippen molar-refractivity contribution in [1.82, 2.24) is 4.57 Å². The van der Waals surface area contributed by atoms with E-state index in [0.29, 0.717) is 37.7 Å². The van der Waals surface area contributed by atoms with Crippen molar-refractivity contribution in [3.05, 3.63) is 114 Å². The minimum absolute atomic E-state index is 0.149. The average molecular weight is 533 g/mol. The first-order valence-corrected chi connectivity index (χ1v) is 12.5. The molecule has 38 heavy (non-hydrogen) atoms. The normalized spacial score (nSPS) is 15.2. The monoisotopic (exact) mass is 532 g/mol. The number of furan rings is 1. The number of hydrogen-bond acceptors (Lipinski definition) is 7. The molecular weight excluding hydrogens is 511 g/mol. The Morgan fingerprint density at radius 1 is 1.13 bits per heavy atom. The van der Waals surface area contributed by atoms with Gasteiger partial charge in [-0.25, -0.2) is 19.0 Å². The van der Waals surface area contributed by atoms with E-state index in [2.05, 4.69) is 4.99 Å². The Hall–Kier alpha value is -4.57. The van der Waals surface area contributed by atoms with Crippen LogP contribution in [0.4, 0.5) is 4.39 Å². The van der Waals surface area contributed by atoms with Gasteiger partial charge in [0.05, 0.1) is 34.0 Å². The summed E-state index contributed by atoms with van der Waals surface area (Å²) in [5.41, 5.74) is 1.62. The highest BCUT2D eigenvalue weighted by atomic mass is 32.1. The summed E-state index contributed by atoms with van der Waals surface area (Å²) in [5, 5.41) is 9.09. The number of esters is 1. The zero-order chi connectivity index (χ0) is 27.0. The van der Waals surface area contributed by atoms with Crippen LogP contribution in [0.1, 0.15) is 41.6 Å². The van der Waals surface area contributed by atoms with Gasteiger partial charge >= 0.3 is 11.9 Å². The number of rotatable bonds is 6. The lowest BCUT2D eigenvalue weighted by Gasteiger charge is -2.24. The van der Waals surface area contributed by atoms with E-state index in [4.69, 9.17) is 14.3 Å². The number of allylic oxidation sites excluding steroid dienone is 1. The number of fused-ring (bicyclic) bond motifs is 1. The van der Waals surface area contributed by atoms with Crippen LogP contribution in [0.2, 0.25) is 0 Å². The van der Waals surface area contributed by atoms with E-state index >= 15 is 0 Å². The Morgan fingerprint density at radius 3 is 2.50 bits per heavy atom. The molecule has 0 amide bonds. The van der Waals surface area contributed by atoms with Crippen molar-refractivity contribution in [3.8, 4) is 11.3 Å². The molecule has 3 heterocycles. The van der Waals surface area contributed by atoms with Crippen LogP contribution in [0, 0.1) is 5.82 Å². The number of aromatic nitrogens is 1. The third-order valence-corrected chi connectivity index (χ3v) is 7.00. The van der Waals surface area contributed by atoms with E-state index in [-0.39, 0.29) is 23.3 Å². The minimum atomic E-state index is -1.02. The van der Waals surface area contributed by atoms with Gasteiger partial charge in [0, 0.05) is 11.6 Å². The molecule has 0 spiro atoms. The van der Waals surface area contributed by atoms with Crippen LogP contribution in [-0.2, 0) is 9.53 Å². The topological polar surface area (TPSA) is 111 Å². The van der Waals surface area contributed by atoms with Gasteiger partial charge in [-0.05, 0) is 55.8 Å². The first-order chi connectivity index (χ1) is 18.3. The van der Waals surface area contributed by atoms with Crippen LogP contribution in [0.3, 0.4) is 0 Å². The molecule has 5 rings (SSSR count). The third kappa shape index (κ3) is 4.61. The number of hydrogen-bond donors (Lipinski definition) is 1. The van der Waals surface area contributed by atoms with Crippen molar-refractivity contribution < 1.29 is 28.2 Å². The predicted molar refractivity (Wildman–Crippen MR) is 138 cm³/mol. The second-order valence-corrected chi connectivity index (χ2v) is 9.45. The number of carbonyl (C=O) groups excluding carboxylic acids is 1. The summed E-state index contributed by atoms with van der Waals surface area (Å²) >= 11 is 1.14. The second kappa shape index (κ2) is 10.1. The summed E-state index contributed by atoms with van der Waals surface area (Å²) in [7, 11) is 0. The Balaban J connectivity index is 1.59. The lowest BCUT2D eigenvalue weighted by Crippen LogP contribution is -2.39. The molecular formula is C28H21FN2O6S. The number of ether oxygens (including phenoxy) is 1. The van der Waals surface area contributed by atoms with Gasteiger partial charge in [-0.1, -0.05) is 35.6 Å². The lowest BCUT2D eigenvalue weighted by atomic mass is 9.96. The van der Waals surface area contributed by atoms with Gasteiger partial charge in [0.2, 0.25) is 0 Å². The van der Waals surface area contributed by atoms with Gasteiger partial charge in [-0.3, -0.25) is 9.36 Å². The number of aromatic carboxylic acids is 1. The molecule has 10 heteroatoms. The number of halogens is 1. The Morgan fingerprint density at radius 2 is 1.84 bits per heavy atom. The summed E-state index contributed by atoms with van der Waals surface area (Å²) in [6.07, 6.45) is 1.59. The van der Waals surface area contributed by atoms with E-state index in [1.807, 2.05) is 0 Å². The molecule has 0 saturated heterocycles. The molecule has 0 unspecified atom stereocenters. The first-order valence-electron chi connectivity index (χ1n) is 11.7. The first kappa shape index (κ1) is 25.1. The molecule has 0 aliphatic carbocycles. The number of carbonyl (C=O) groups is 2. The maximum atomic E-state index is 13.7. The maximum absolute atomic E-state index is 13.7. The molecule has 0 saturated carbocycles. The van der Waals surface area contributed by atoms with Crippen molar-refractivity contribution in [2.45, 2.75) is 19.9 Å². The molecule has 2 aromatic carbocycles. The molecule has 1 aliphatic rings. The van der Waals surface area contributed by atoms with Crippen LogP contribution >= 0.6 is 11.3 Å². The number of carboxylic acid groups (broad SMARTS) is 1. The second-order valence-electron chi connectivity index (χ2n) is 8.44. The van der Waals surface area contributed by atoms with Gasteiger partial charge in [-0.15, -0.1) is 0 Å². The predicted octanol–water partition coefficient (Wildman–Crippen LogP) is 3.90. The van der Waals surface area contributed by atoms with E-state index < -0.39 is 23.8 Å². The molecule has 0 fully saturated rings. The van der Waals surface area contributed by atoms with Gasteiger partial charge in [0.15, 0.2) is 4.80 Å². The Labute approximate surface area is 219 Å². The van der Waals surface area contributed by atoms with Crippen LogP contribution in [0.5, 0.6) is 0 Å². The molecule has 0 radical (unpaired) electrons. The highest BCUT2D eigenvalue weighted by molar-refractivity contribution is 7.07. The van der Waals surface area contributed by atoms with Crippen LogP contribution in [0.15, 0.2) is 86.1 Å². The summed E-state index contributed by atoms with van der Waals surface area (Å²) in [4.78, 5) is 42.5. The largest absolute Gasteiger partial charge is 0.478 e. The average Bonchev–Trinajstić information content (AvgIpc) is 3.48. The molecule has 192 valence electrons. The zero-order valence-electron chi connectivity index (χ0n) is 20.3. The van der Waals surface area contributed by atoms with Crippen molar-refractivity contribution in [3.63, 3.8) is 0 Å². The fourth-order valence-corrected chi connectivity index (χ4v) is 5.27. The molecule has 1 N–H and O–H groups in total. The Bertz CT molecular complexity index is 1760. The maximum Gasteiger partial charge on any atom is 0.338 e. The van der Waals surface area contributed by atoms with Crippen molar-refractivity contribution in [1.29, 1.82) is 0 Å². The van der Waals surface area contributed by atoms with Gasteiger partial charge in [0.25, 0.3) is 5.56 Å². The van der Waals surface area contributed by atoms with Gasteiger partial charge < -0.3 is 14.3 Å². The molecule has 1 atom stereocenters. The number of nitrogens with zero attached hydrogens (tertiary/aromatic N) is 2. The highest BCUT2D eigenvalue weighted by Gasteiger charge is 2.33. The third-order valence-electron chi connectivity index (χ3n) is 6.02. The van der Waals surface area contributed by atoms with Crippen molar-refractivity contribution in [2.24, 2.45) is 4.99 Å². The van der Waals surface area contributed by atoms with Gasteiger partial charge in [-0.2, -0.15) is 0 Å². The smallest absolute Gasteiger partial charge is 0.338 e. The fraction of sp³-hybridized carbons (Fsp3) is 0.143. The van der Waals surface area contributed by atoms with Crippen LogP contribution < -0.4 is 14.9 Å². The quantitative estimate of drug-likeness (QED) is 0.377.